The van der Waals surface area contributed by atoms with E-state index in [4.69, 9.17) is 4.74 Å². The molecule has 1 amide bonds. The molecular formula is C15H22N4O2. The minimum absolute atomic E-state index is 0.0751. The first kappa shape index (κ1) is 14.3. The lowest BCUT2D eigenvalue weighted by Gasteiger charge is -2.34. The topological polar surface area (TPSA) is 58.6 Å². The van der Waals surface area contributed by atoms with Crippen LogP contribution in [0.1, 0.15) is 18.5 Å². The maximum Gasteiger partial charge on any atom is 0.251 e. The molecule has 1 aromatic heterocycles. The fraction of sp³-hybridized carbons (Fsp3) is 0.667. The number of fused-ring (bicyclic) bond motifs is 1. The third-order valence-electron chi connectivity index (χ3n) is 4.38. The maximum absolute atomic E-state index is 12.0. The molecule has 0 saturated carbocycles. The average molecular weight is 290 g/mol. The number of ether oxygens (including phenoxy) is 1. The van der Waals surface area contributed by atoms with Gasteiger partial charge in [0.25, 0.3) is 5.91 Å². The molecule has 3 rings (SSSR count). The fourth-order valence-corrected chi connectivity index (χ4v) is 3.15. The summed E-state index contributed by atoms with van der Waals surface area (Å²) in [5, 5.41) is 8.36. The van der Waals surface area contributed by atoms with Crippen LogP contribution in [-0.2, 0) is 9.53 Å². The van der Waals surface area contributed by atoms with Crippen molar-refractivity contribution in [2.24, 2.45) is 5.92 Å². The highest BCUT2D eigenvalue weighted by atomic mass is 16.5. The van der Waals surface area contributed by atoms with E-state index in [-0.39, 0.29) is 18.1 Å². The second-order valence-electron chi connectivity index (χ2n) is 6.16. The Morgan fingerprint density at radius 1 is 1.38 bits per heavy atom. The van der Waals surface area contributed by atoms with Crippen LogP contribution < -0.4 is 4.90 Å². The summed E-state index contributed by atoms with van der Waals surface area (Å²) in [6.07, 6.45) is 1.72. The summed E-state index contributed by atoms with van der Waals surface area (Å²) in [6.45, 7) is 3.67. The van der Waals surface area contributed by atoms with Crippen molar-refractivity contribution in [2.45, 2.75) is 32.0 Å². The Bertz CT molecular complexity index is 517. The number of hydrogen-bond donors (Lipinski definition) is 0. The molecule has 3 atom stereocenters. The number of hydrogen-bond acceptors (Lipinski definition) is 5. The van der Waals surface area contributed by atoms with E-state index >= 15 is 0 Å². The van der Waals surface area contributed by atoms with E-state index in [0.717, 1.165) is 37.4 Å². The van der Waals surface area contributed by atoms with Crippen molar-refractivity contribution in [1.29, 1.82) is 0 Å². The number of carbonyl (C=O) groups excluding carboxylic acids is 1. The molecule has 6 nitrogen and oxygen atoms in total. The first-order valence-electron chi connectivity index (χ1n) is 7.46. The van der Waals surface area contributed by atoms with Crippen molar-refractivity contribution < 1.29 is 9.53 Å². The number of piperidine rings is 1. The molecule has 21 heavy (non-hydrogen) atoms. The summed E-state index contributed by atoms with van der Waals surface area (Å²) in [6, 6.07) is 3.97. The van der Waals surface area contributed by atoms with Gasteiger partial charge in [-0.05, 0) is 37.8 Å². The highest BCUT2D eigenvalue weighted by molar-refractivity contribution is 5.80. The average Bonchev–Trinajstić information content (AvgIpc) is 2.89. The van der Waals surface area contributed by atoms with Crippen LogP contribution >= 0.6 is 0 Å². The lowest BCUT2D eigenvalue weighted by atomic mass is 9.91. The summed E-state index contributed by atoms with van der Waals surface area (Å²) in [5.74, 6) is 1.45. The Hall–Kier alpha value is -1.69. The van der Waals surface area contributed by atoms with Gasteiger partial charge in [-0.25, -0.2) is 0 Å². The number of nitrogens with zero attached hydrogens (tertiary/aromatic N) is 4. The summed E-state index contributed by atoms with van der Waals surface area (Å²) < 4.78 is 5.98. The van der Waals surface area contributed by atoms with E-state index < -0.39 is 0 Å². The largest absolute Gasteiger partial charge is 0.363 e. The third-order valence-corrected chi connectivity index (χ3v) is 4.38. The normalized spacial score (nSPS) is 28.3. The van der Waals surface area contributed by atoms with Crippen LogP contribution in [0.4, 0.5) is 5.82 Å². The molecule has 0 aromatic carbocycles. The number of aryl methyl sites for hydroxylation is 1. The molecule has 0 unspecified atom stereocenters. The lowest BCUT2D eigenvalue weighted by Crippen LogP contribution is -2.43. The van der Waals surface area contributed by atoms with Gasteiger partial charge < -0.3 is 14.5 Å². The monoisotopic (exact) mass is 290 g/mol. The zero-order valence-corrected chi connectivity index (χ0v) is 12.8. The third kappa shape index (κ3) is 2.85. The second kappa shape index (κ2) is 5.60. The van der Waals surface area contributed by atoms with Gasteiger partial charge in [-0.3, -0.25) is 4.79 Å². The van der Waals surface area contributed by atoms with Crippen LogP contribution in [0.5, 0.6) is 0 Å². The standard InChI is InChI=1S/C15H22N4O2/c1-10-4-5-14(17-16-10)19-7-6-11-8-12(15(20)18(2)3)21-13(11)9-19/h4-5,11-13H,6-9H2,1-3H3/t11-,12-,13+/m0/s1. The predicted molar refractivity (Wildman–Crippen MR) is 79.1 cm³/mol. The smallest absolute Gasteiger partial charge is 0.251 e. The minimum Gasteiger partial charge on any atom is -0.363 e. The van der Waals surface area contributed by atoms with Crippen LogP contribution in [0.3, 0.4) is 0 Å². The van der Waals surface area contributed by atoms with Gasteiger partial charge in [-0.1, -0.05) is 0 Å². The quantitative estimate of drug-likeness (QED) is 0.808. The summed E-state index contributed by atoms with van der Waals surface area (Å²) in [4.78, 5) is 15.9. The maximum atomic E-state index is 12.0. The number of rotatable bonds is 2. The lowest BCUT2D eigenvalue weighted by molar-refractivity contribution is -0.140. The summed E-state index contributed by atoms with van der Waals surface area (Å²) >= 11 is 0. The van der Waals surface area contributed by atoms with Gasteiger partial charge in [-0.15, -0.1) is 5.10 Å². The Labute approximate surface area is 125 Å². The van der Waals surface area contributed by atoms with E-state index in [1.54, 1.807) is 19.0 Å². The first-order valence-corrected chi connectivity index (χ1v) is 7.46. The molecule has 2 aliphatic heterocycles. The van der Waals surface area contributed by atoms with Gasteiger partial charge in [0, 0.05) is 27.2 Å². The van der Waals surface area contributed by atoms with Crippen LogP contribution in [0.2, 0.25) is 0 Å². The molecule has 0 bridgehead atoms. The van der Waals surface area contributed by atoms with Crippen molar-refractivity contribution in [1.82, 2.24) is 15.1 Å². The van der Waals surface area contributed by atoms with E-state index in [9.17, 15) is 4.79 Å². The summed E-state index contributed by atoms with van der Waals surface area (Å²) in [5.41, 5.74) is 0.919. The van der Waals surface area contributed by atoms with Gasteiger partial charge in [-0.2, -0.15) is 5.10 Å². The van der Waals surface area contributed by atoms with E-state index in [1.807, 2.05) is 19.1 Å². The van der Waals surface area contributed by atoms with Gasteiger partial charge in [0.2, 0.25) is 0 Å². The number of anilines is 1. The van der Waals surface area contributed by atoms with Crippen LogP contribution in [-0.4, -0.2) is 60.4 Å². The van der Waals surface area contributed by atoms with Crippen LogP contribution in [0.15, 0.2) is 12.1 Å². The van der Waals surface area contributed by atoms with Crippen LogP contribution in [0.25, 0.3) is 0 Å². The van der Waals surface area contributed by atoms with Crippen LogP contribution in [0, 0.1) is 12.8 Å². The van der Waals surface area contributed by atoms with Gasteiger partial charge in [0.1, 0.15) is 6.10 Å². The molecule has 2 fully saturated rings. The van der Waals surface area contributed by atoms with E-state index in [2.05, 4.69) is 15.1 Å². The van der Waals surface area contributed by atoms with Gasteiger partial charge >= 0.3 is 0 Å². The highest BCUT2D eigenvalue weighted by Crippen LogP contribution is 2.34. The number of likely N-dealkylation sites (N-methyl/N-ethyl adjacent to an activating group) is 1. The Morgan fingerprint density at radius 3 is 2.86 bits per heavy atom. The molecule has 2 aliphatic rings. The predicted octanol–water partition coefficient (Wildman–Crippen LogP) is 0.857. The van der Waals surface area contributed by atoms with E-state index in [1.165, 1.54) is 0 Å². The molecular weight excluding hydrogens is 268 g/mol. The number of carbonyl (C=O) groups is 1. The zero-order chi connectivity index (χ0) is 15.0. The first-order chi connectivity index (χ1) is 10.0. The molecule has 1 aromatic rings. The number of amides is 1. The fourth-order valence-electron chi connectivity index (χ4n) is 3.15. The Balaban J connectivity index is 1.66. The van der Waals surface area contributed by atoms with Crippen molar-refractivity contribution >= 4 is 11.7 Å². The Kier molecular flexibility index (Phi) is 3.80. The molecule has 0 aliphatic carbocycles. The van der Waals surface area contributed by atoms with Crippen molar-refractivity contribution in [3.05, 3.63) is 17.8 Å². The minimum atomic E-state index is -0.279. The zero-order valence-electron chi connectivity index (χ0n) is 12.8. The second-order valence-corrected chi connectivity index (χ2v) is 6.16. The molecule has 0 radical (unpaired) electrons. The molecule has 6 heteroatoms. The van der Waals surface area contributed by atoms with Gasteiger partial charge in [0.15, 0.2) is 5.82 Å². The molecule has 2 saturated heterocycles. The highest BCUT2D eigenvalue weighted by Gasteiger charge is 2.42. The molecule has 3 heterocycles. The molecule has 0 N–H and O–H groups in total. The van der Waals surface area contributed by atoms with Gasteiger partial charge in [0.05, 0.1) is 11.8 Å². The van der Waals surface area contributed by atoms with E-state index in [0.29, 0.717) is 5.92 Å². The van der Waals surface area contributed by atoms with Crippen molar-refractivity contribution in [3.63, 3.8) is 0 Å². The SMILES string of the molecule is Cc1ccc(N2CC[C@H]3C[C@@H](C(=O)N(C)C)O[C@@H]3C2)nn1. The molecule has 0 spiro atoms. The number of aromatic nitrogens is 2. The summed E-state index contributed by atoms with van der Waals surface area (Å²) in [7, 11) is 3.56. The van der Waals surface area contributed by atoms with Crippen molar-refractivity contribution in [2.75, 3.05) is 32.1 Å². The Morgan fingerprint density at radius 2 is 2.19 bits per heavy atom. The molecule has 114 valence electrons. The van der Waals surface area contributed by atoms with Crippen molar-refractivity contribution in [3.8, 4) is 0 Å².